The summed E-state index contributed by atoms with van der Waals surface area (Å²) in [7, 11) is 1.63. The van der Waals surface area contributed by atoms with E-state index in [1.165, 1.54) is 32.1 Å². The third-order valence-corrected chi connectivity index (χ3v) is 4.36. The molecule has 0 saturated heterocycles. The Bertz CT molecular complexity index is 459. The molecule has 0 radical (unpaired) electrons. The van der Waals surface area contributed by atoms with Gasteiger partial charge in [0.2, 0.25) is 0 Å². The molecule has 0 spiro atoms. The summed E-state index contributed by atoms with van der Waals surface area (Å²) in [6.07, 6.45) is 6.56. The Balaban J connectivity index is 2.03. The van der Waals surface area contributed by atoms with Crippen LogP contribution in [0.3, 0.4) is 0 Å². The van der Waals surface area contributed by atoms with E-state index in [4.69, 9.17) is 16.3 Å². The summed E-state index contributed by atoms with van der Waals surface area (Å²) in [5.41, 5.74) is 0.410. The van der Waals surface area contributed by atoms with Gasteiger partial charge in [0.15, 0.2) is 5.82 Å². The average molecular weight is 312 g/mol. The van der Waals surface area contributed by atoms with Gasteiger partial charge in [-0.05, 0) is 30.6 Å². The van der Waals surface area contributed by atoms with Crippen molar-refractivity contribution in [3.63, 3.8) is 0 Å². The van der Waals surface area contributed by atoms with Crippen LogP contribution in [0, 0.1) is 11.3 Å². The highest BCUT2D eigenvalue weighted by Gasteiger charge is 2.34. The molecule has 4 nitrogen and oxygen atoms in total. The number of hydrogen-bond acceptors (Lipinski definition) is 4. The standard InChI is InChI=1S/C16H26ClN3O/c1-12(2)9-16(6-4-5-7-16)11-18-14-8-13(17)19-15(20-14)10-21-3/h8,12H,4-7,9-11H2,1-3H3,(H,18,19,20). The molecule has 0 bridgehead atoms. The number of anilines is 1. The van der Waals surface area contributed by atoms with Crippen molar-refractivity contribution < 1.29 is 4.74 Å². The summed E-state index contributed by atoms with van der Waals surface area (Å²) in [4.78, 5) is 8.62. The topological polar surface area (TPSA) is 47.0 Å². The Kier molecular flexibility index (Phi) is 5.82. The largest absolute Gasteiger partial charge is 0.377 e. The van der Waals surface area contributed by atoms with Crippen LogP contribution in [0.15, 0.2) is 6.07 Å². The van der Waals surface area contributed by atoms with Crippen LogP contribution in [0.4, 0.5) is 5.82 Å². The number of halogens is 1. The molecule has 0 aromatic carbocycles. The molecule has 1 aliphatic rings. The lowest BCUT2D eigenvalue weighted by Crippen LogP contribution is -2.28. The lowest BCUT2D eigenvalue weighted by Gasteiger charge is -2.31. The van der Waals surface area contributed by atoms with Crippen LogP contribution >= 0.6 is 11.6 Å². The predicted octanol–water partition coefficient (Wildman–Crippen LogP) is 4.29. The Morgan fingerprint density at radius 3 is 2.67 bits per heavy atom. The molecule has 1 aromatic rings. The van der Waals surface area contributed by atoms with Gasteiger partial charge in [-0.15, -0.1) is 0 Å². The maximum absolute atomic E-state index is 6.05. The number of nitrogens with one attached hydrogen (secondary N) is 1. The molecule has 1 fully saturated rings. The minimum absolute atomic E-state index is 0.381. The average Bonchev–Trinajstić information content (AvgIpc) is 2.84. The van der Waals surface area contributed by atoms with Gasteiger partial charge in [0.25, 0.3) is 0 Å². The third kappa shape index (κ3) is 4.82. The van der Waals surface area contributed by atoms with Gasteiger partial charge in [-0.1, -0.05) is 38.3 Å². The van der Waals surface area contributed by atoms with E-state index in [2.05, 4.69) is 29.1 Å². The maximum atomic E-state index is 6.05. The highest BCUT2D eigenvalue weighted by Crippen LogP contribution is 2.43. The van der Waals surface area contributed by atoms with E-state index in [0.29, 0.717) is 23.0 Å². The Hall–Kier alpha value is -0.870. The second-order valence-corrected chi connectivity index (χ2v) is 6.97. The van der Waals surface area contributed by atoms with Gasteiger partial charge in [0, 0.05) is 19.7 Å². The molecule has 0 amide bonds. The van der Waals surface area contributed by atoms with Crippen LogP contribution in [0.1, 0.15) is 51.8 Å². The Morgan fingerprint density at radius 1 is 1.33 bits per heavy atom. The molecular formula is C16H26ClN3O. The van der Waals surface area contributed by atoms with Crippen molar-refractivity contribution in [2.75, 3.05) is 19.0 Å². The predicted molar refractivity (Wildman–Crippen MR) is 86.6 cm³/mol. The first-order valence-corrected chi connectivity index (χ1v) is 8.17. The van der Waals surface area contributed by atoms with Crippen LogP contribution in [0.2, 0.25) is 5.15 Å². The second-order valence-electron chi connectivity index (χ2n) is 6.58. The van der Waals surface area contributed by atoms with E-state index in [9.17, 15) is 0 Å². The van der Waals surface area contributed by atoms with Gasteiger partial charge in [-0.25, -0.2) is 9.97 Å². The van der Waals surface area contributed by atoms with Crippen LogP contribution in [0.5, 0.6) is 0 Å². The minimum Gasteiger partial charge on any atom is -0.377 e. The number of rotatable bonds is 7. The quantitative estimate of drug-likeness (QED) is 0.763. The molecular weight excluding hydrogens is 286 g/mol. The zero-order valence-corrected chi connectivity index (χ0v) is 14.0. The molecule has 0 aliphatic heterocycles. The van der Waals surface area contributed by atoms with Crippen molar-refractivity contribution in [1.29, 1.82) is 0 Å². The molecule has 1 aromatic heterocycles. The van der Waals surface area contributed by atoms with Crippen LogP contribution in [0.25, 0.3) is 0 Å². The zero-order valence-electron chi connectivity index (χ0n) is 13.3. The van der Waals surface area contributed by atoms with Gasteiger partial charge in [0.05, 0.1) is 0 Å². The summed E-state index contributed by atoms with van der Waals surface area (Å²) < 4.78 is 5.08. The smallest absolute Gasteiger partial charge is 0.158 e. The first kappa shape index (κ1) is 16.5. The normalized spacial score (nSPS) is 17.4. The molecule has 5 heteroatoms. The molecule has 1 aliphatic carbocycles. The molecule has 1 saturated carbocycles. The number of ether oxygens (including phenoxy) is 1. The van der Waals surface area contributed by atoms with Crippen molar-refractivity contribution in [2.24, 2.45) is 11.3 Å². The lowest BCUT2D eigenvalue weighted by molar-refractivity contribution is 0.178. The molecule has 0 unspecified atom stereocenters. The minimum atomic E-state index is 0.381. The van der Waals surface area contributed by atoms with Crippen molar-refractivity contribution in [2.45, 2.75) is 52.6 Å². The van der Waals surface area contributed by atoms with Crippen molar-refractivity contribution in [3.05, 3.63) is 17.0 Å². The maximum Gasteiger partial charge on any atom is 0.158 e. The molecule has 0 atom stereocenters. The van der Waals surface area contributed by atoms with E-state index in [1.54, 1.807) is 13.2 Å². The van der Waals surface area contributed by atoms with Gasteiger partial charge < -0.3 is 10.1 Å². The second kappa shape index (κ2) is 7.41. The van der Waals surface area contributed by atoms with Crippen molar-refractivity contribution in [3.8, 4) is 0 Å². The number of hydrogen-bond donors (Lipinski definition) is 1. The van der Waals surface area contributed by atoms with Crippen LogP contribution < -0.4 is 5.32 Å². The van der Waals surface area contributed by atoms with E-state index >= 15 is 0 Å². The van der Waals surface area contributed by atoms with Crippen LogP contribution in [-0.2, 0) is 11.3 Å². The highest BCUT2D eigenvalue weighted by atomic mass is 35.5. The number of aromatic nitrogens is 2. The van der Waals surface area contributed by atoms with E-state index in [1.807, 2.05) is 0 Å². The fraction of sp³-hybridized carbons (Fsp3) is 0.750. The molecule has 118 valence electrons. The van der Waals surface area contributed by atoms with E-state index < -0.39 is 0 Å². The summed E-state index contributed by atoms with van der Waals surface area (Å²) in [5, 5.41) is 3.94. The summed E-state index contributed by atoms with van der Waals surface area (Å²) in [5.74, 6) is 2.15. The van der Waals surface area contributed by atoms with Crippen LogP contribution in [-0.4, -0.2) is 23.6 Å². The molecule has 21 heavy (non-hydrogen) atoms. The fourth-order valence-electron chi connectivity index (χ4n) is 3.47. The number of nitrogens with zero attached hydrogens (tertiary/aromatic N) is 2. The van der Waals surface area contributed by atoms with Gasteiger partial charge >= 0.3 is 0 Å². The summed E-state index contributed by atoms with van der Waals surface area (Å²) in [6, 6.07) is 1.79. The first-order chi connectivity index (χ1) is 10.0. The third-order valence-electron chi connectivity index (χ3n) is 4.16. The Labute approximate surface area is 132 Å². The van der Waals surface area contributed by atoms with Gasteiger partial charge in [-0.2, -0.15) is 0 Å². The molecule has 1 heterocycles. The monoisotopic (exact) mass is 311 g/mol. The Morgan fingerprint density at radius 2 is 2.05 bits per heavy atom. The van der Waals surface area contributed by atoms with E-state index in [0.717, 1.165) is 18.3 Å². The highest BCUT2D eigenvalue weighted by molar-refractivity contribution is 6.29. The van der Waals surface area contributed by atoms with Crippen molar-refractivity contribution >= 4 is 17.4 Å². The van der Waals surface area contributed by atoms with Gasteiger partial charge in [-0.3, -0.25) is 0 Å². The summed E-state index contributed by atoms with van der Waals surface area (Å²) in [6.45, 7) is 5.95. The zero-order chi connectivity index (χ0) is 15.3. The molecule has 2 rings (SSSR count). The molecule has 1 N–H and O–H groups in total. The fourth-order valence-corrected chi connectivity index (χ4v) is 3.67. The van der Waals surface area contributed by atoms with Gasteiger partial charge in [0.1, 0.15) is 17.6 Å². The van der Waals surface area contributed by atoms with E-state index in [-0.39, 0.29) is 0 Å². The summed E-state index contributed by atoms with van der Waals surface area (Å²) >= 11 is 6.05. The first-order valence-electron chi connectivity index (χ1n) is 7.79. The lowest BCUT2D eigenvalue weighted by atomic mass is 9.78. The number of methoxy groups -OCH3 is 1. The SMILES string of the molecule is COCc1nc(Cl)cc(NCC2(CC(C)C)CCCC2)n1. The van der Waals surface area contributed by atoms with Crippen molar-refractivity contribution in [1.82, 2.24) is 9.97 Å².